The Morgan fingerprint density at radius 1 is 0.403 bits per heavy atom. The fraction of sp³-hybridized carbons (Fsp3) is 0.203. The number of rotatable bonds is 13. The smallest absolute Gasteiger partial charge is 0.0708 e. The number of hydrogen-bond acceptors (Lipinski definition) is 3. The Morgan fingerprint density at radius 3 is 1.42 bits per heavy atom. The standard InChI is InChI=1S/C64H59N3/c1-62(2,52-29-32-59(66-42-52)47-18-10-7-11-19-47)39-45-34-44(35-46(36-45)40-63(3,4)53-30-33-60(67-43-53)48-20-12-8-13-21-48)26-27-51-41-65-61(49-22-14-9-15-23-49)38-55(51)50-28-31-58-56(37-50)54-24-16-17-25-57(54)64(58,5)6/h7-25,28-38,41-43H,26-27,39-40H2,1-6H3/i26D2,27D2. The van der Waals surface area contributed by atoms with Gasteiger partial charge in [0, 0.05) is 46.2 Å². The van der Waals surface area contributed by atoms with E-state index in [0.717, 1.165) is 67.0 Å². The summed E-state index contributed by atoms with van der Waals surface area (Å²) in [6.07, 6.45) is 1.54. The van der Waals surface area contributed by atoms with Crippen molar-refractivity contribution >= 4 is 0 Å². The van der Waals surface area contributed by atoms with Crippen molar-refractivity contribution in [2.75, 3.05) is 0 Å². The molecule has 3 nitrogen and oxygen atoms in total. The van der Waals surface area contributed by atoms with Gasteiger partial charge < -0.3 is 0 Å². The highest BCUT2D eigenvalue weighted by Gasteiger charge is 2.35. The largest absolute Gasteiger partial charge is 0.256 e. The van der Waals surface area contributed by atoms with Gasteiger partial charge in [0.15, 0.2) is 0 Å². The monoisotopic (exact) mass is 873 g/mol. The van der Waals surface area contributed by atoms with Crippen LogP contribution in [-0.2, 0) is 41.8 Å². The molecule has 0 amide bonds. The molecular formula is C64H59N3. The van der Waals surface area contributed by atoms with E-state index in [2.05, 4.69) is 139 Å². The highest BCUT2D eigenvalue weighted by molar-refractivity contribution is 5.85. The Hall–Kier alpha value is -7.23. The molecule has 1 aliphatic carbocycles. The summed E-state index contributed by atoms with van der Waals surface area (Å²) in [5.74, 6) is 0. The summed E-state index contributed by atoms with van der Waals surface area (Å²) in [6, 6.07) is 61.4. The number of hydrogen-bond donors (Lipinski definition) is 0. The fourth-order valence-corrected chi connectivity index (χ4v) is 10.00. The first-order valence-corrected chi connectivity index (χ1v) is 23.4. The van der Waals surface area contributed by atoms with Gasteiger partial charge in [-0.1, -0.05) is 199 Å². The minimum absolute atomic E-state index is 0.189. The normalized spacial score (nSPS) is 14.3. The van der Waals surface area contributed by atoms with E-state index in [9.17, 15) is 5.48 Å². The summed E-state index contributed by atoms with van der Waals surface area (Å²) in [5.41, 5.74) is 15.0. The Balaban J connectivity index is 1.07. The molecule has 67 heavy (non-hydrogen) atoms. The lowest BCUT2D eigenvalue weighted by atomic mass is 9.77. The number of aromatic nitrogens is 3. The van der Waals surface area contributed by atoms with E-state index in [-0.39, 0.29) is 16.5 Å². The molecule has 3 heterocycles. The molecule has 6 aromatic carbocycles. The van der Waals surface area contributed by atoms with E-state index >= 15 is 0 Å². The van der Waals surface area contributed by atoms with Crippen molar-refractivity contribution in [1.29, 1.82) is 0 Å². The van der Waals surface area contributed by atoms with Crippen molar-refractivity contribution in [2.24, 2.45) is 0 Å². The molecule has 3 heteroatoms. The van der Waals surface area contributed by atoms with Crippen LogP contribution in [0.1, 0.15) is 91.5 Å². The molecule has 0 atom stereocenters. The van der Waals surface area contributed by atoms with Gasteiger partial charge in [-0.05, 0) is 127 Å². The maximum Gasteiger partial charge on any atom is 0.0708 e. The zero-order valence-corrected chi connectivity index (χ0v) is 39.3. The third kappa shape index (κ3) is 9.04. The molecule has 0 saturated heterocycles. The van der Waals surface area contributed by atoms with Gasteiger partial charge in [0.25, 0.3) is 0 Å². The van der Waals surface area contributed by atoms with Crippen LogP contribution in [0, 0.1) is 0 Å². The molecule has 330 valence electrons. The SMILES string of the molecule is [2H]C([2H])(c1cc(CC(C)(C)c2ccc(-c3ccccc3)nc2)cc(CC(C)(C)c2ccc(-c3ccccc3)nc2)c1)C([2H])([2H])c1cnc(-c2ccccc2)cc1-c1ccc2c(c1)-c1ccccc1C2(C)C. The van der Waals surface area contributed by atoms with Crippen molar-refractivity contribution in [3.05, 3.63) is 245 Å². The average Bonchev–Trinajstić information content (AvgIpc) is 3.61. The first kappa shape index (κ1) is 39.0. The topological polar surface area (TPSA) is 38.7 Å². The van der Waals surface area contributed by atoms with Crippen molar-refractivity contribution in [1.82, 2.24) is 15.0 Å². The number of pyridine rings is 3. The second kappa shape index (κ2) is 17.9. The summed E-state index contributed by atoms with van der Waals surface area (Å²) in [5, 5.41) is 0. The number of aryl methyl sites for hydroxylation is 2. The van der Waals surface area contributed by atoms with Gasteiger partial charge in [-0.25, -0.2) is 0 Å². The minimum atomic E-state index is -2.55. The Morgan fingerprint density at radius 2 is 0.881 bits per heavy atom. The third-order valence-electron chi connectivity index (χ3n) is 13.8. The highest BCUT2D eigenvalue weighted by Crippen LogP contribution is 2.50. The van der Waals surface area contributed by atoms with E-state index in [4.69, 9.17) is 15.0 Å². The second-order valence-electron chi connectivity index (χ2n) is 19.9. The third-order valence-corrected chi connectivity index (χ3v) is 13.8. The van der Waals surface area contributed by atoms with Crippen LogP contribution < -0.4 is 0 Å². The van der Waals surface area contributed by atoms with Gasteiger partial charge in [0.2, 0.25) is 0 Å². The molecule has 10 rings (SSSR count). The van der Waals surface area contributed by atoms with Gasteiger partial charge in [0.1, 0.15) is 0 Å². The molecule has 0 bridgehead atoms. The number of fused-ring (bicyclic) bond motifs is 3. The molecule has 0 radical (unpaired) electrons. The van der Waals surface area contributed by atoms with Gasteiger partial charge >= 0.3 is 0 Å². The average molecular weight is 874 g/mol. The fourth-order valence-electron chi connectivity index (χ4n) is 10.00. The zero-order chi connectivity index (χ0) is 49.8. The first-order chi connectivity index (χ1) is 33.9. The van der Waals surface area contributed by atoms with Crippen LogP contribution in [0.5, 0.6) is 0 Å². The van der Waals surface area contributed by atoms with Gasteiger partial charge in [-0.3, -0.25) is 15.0 Å². The molecule has 0 aliphatic heterocycles. The van der Waals surface area contributed by atoms with Crippen molar-refractivity contribution in [3.63, 3.8) is 0 Å². The molecule has 0 spiro atoms. The van der Waals surface area contributed by atoms with E-state index in [1.807, 2.05) is 97.3 Å². The maximum atomic E-state index is 10.1. The van der Waals surface area contributed by atoms with E-state index in [1.54, 1.807) is 6.20 Å². The predicted octanol–water partition coefficient (Wildman–Crippen LogP) is 15.7. The van der Waals surface area contributed by atoms with Crippen molar-refractivity contribution in [2.45, 2.75) is 83.4 Å². The van der Waals surface area contributed by atoms with Crippen molar-refractivity contribution in [3.8, 4) is 56.0 Å². The predicted molar refractivity (Wildman–Crippen MR) is 279 cm³/mol. The quantitative estimate of drug-likeness (QED) is 0.116. The summed E-state index contributed by atoms with van der Waals surface area (Å²) >= 11 is 0. The Labute approximate surface area is 403 Å². The molecule has 9 aromatic rings. The van der Waals surface area contributed by atoms with E-state index < -0.39 is 23.6 Å². The second-order valence-corrected chi connectivity index (χ2v) is 19.9. The van der Waals surface area contributed by atoms with E-state index in [1.165, 1.54) is 11.1 Å². The molecule has 0 unspecified atom stereocenters. The summed E-state index contributed by atoms with van der Waals surface area (Å²) < 4.78 is 40.4. The van der Waals surface area contributed by atoms with Crippen LogP contribution in [0.2, 0.25) is 0 Å². The lowest BCUT2D eigenvalue weighted by molar-refractivity contribution is 0.512. The number of benzene rings is 6. The maximum absolute atomic E-state index is 10.1. The molecular weight excluding hydrogens is 811 g/mol. The van der Waals surface area contributed by atoms with Crippen LogP contribution >= 0.6 is 0 Å². The van der Waals surface area contributed by atoms with E-state index in [0.29, 0.717) is 24.1 Å². The first-order valence-electron chi connectivity index (χ1n) is 25.4. The summed E-state index contributed by atoms with van der Waals surface area (Å²) in [4.78, 5) is 14.6. The molecule has 1 aliphatic rings. The molecule has 0 fully saturated rings. The zero-order valence-electron chi connectivity index (χ0n) is 43.3. The highest BCUT2D eigenvalue weighted by atomic mass is 14.7. The Kier molecular flexibility index (Phi) is 10.4. The lowest BCUT2D eigenvalue weighted by Crippen LogP contribution is -2.23. The van der Waals surface area contributed by atoms with Gasteiger partial charge in [-0.15, -0.1) is 0 Å². The van der Waals surface area contributed by atoms with Gasteiger partial charge in [0.05, 0.1) is 17.1 Å². The summed E-state index contributed by atoms with van der Waals surface area (Å²) in [6.45, 7) is 13.3. The molecule has 0 saturated carbocycles. The lowest BCUT2D eigenvalue weighted by Gasteiger charge is -2.28. The molecule has 3 aromatic heterocycles. The van der Waals surface area contributed by atoms with Crippen LogP contribution in [0.15, 0.2) is 201 Å². The minimum Gasteiger partial charge on any atom is -0.256 e. The van der Waals surface area contributed by atoms with Crippen LogP contribution in [0.3, 0.4) is 0 Å². The van der Waals surface area contributed by atoms with Gasteiger partial charge in [-0.2, -0.15) is 0 Å². The van der Waals surface area contributed by atoms with Crippen molar-refractivity contribution < 1.29 is 5.48 Å². The Bertz CT molecular complexity index is 3250. The number of nitrogens with zero attached hydrogens (tertiary/aromatic N) is 3. The molecule has 0 N–H and O–H groups in total. The summed E-state index contributed by atoms with van der Waals surface area (Å²) in [7, 11) is 0. The van der Waals surface area contributed by atoms with Crippen LogP contribution in [-0.4, -0.2) is 15.0 Å². The van der Waals surface area contributed by atoms with Crippen LogP contribution in [0.25, 0.3) is 56.0 Å². The van der Waals surface area contributed by atoms with Crippen LogP contribution in [0.4, 0.5) is 0 Å².